The van der Waals surface area contributed by atoms with Crippen LogP contribution in [0.25, 0.3) is 0 Å². The van der Waals surface area contributed by atoms with Gasteiger partial charge in [0.25, 0.3) is 0 Å². The van der Waals surface area contributed by atoms with Crippen LogP contribution in [-0.4, -0.2) is 4.92 Å². The van der Waals surface area contributed by atoms with E-state index in [4.69, 9.17) is 22.1 Å². The third-order valence-corrected chi connectivity index (χ3v) is 2.74. The van der Waals surface area contributed by atoms with Crippen molar-refractivity contribution >= 4 is 17.3 Å². The number of hydrogen-bond donors (Lipinski definition) is 1. The van der Waals surface area contributed by atoms with Crippen LogP contribution in [0.1, 0.15) is 5.56 Å². The fourth-order valence-corrected chi connectivity index (χ4v) is 1.70. The first-order chi connectivity index (χ1) is 9.10. The summed E-state index contributed by atoms with van der Waals surface area (Å²) >= 11 is 5.82. The molecule has 0 fully saturated rings. The normalized spacial score (nSPS) is 10.2. The third-order valence-electron chi connectivity index (χ3n) is 2.51. The van der Waals surface area contributed by atoms with Gasteiger partial charge < -0.3 is 10.5 Å². The Hall–Kier alpha value is -2.11. The van der Waals surface area contributed by atoms with Gasteiger partial charge in [-0.3, -0.25) is 10.1 Å². The first-order valence-electron chi connectivity index (χ1n) is 5.51. The molecule has 0 aromatic heterocycles. The van der Waals surface area contributed by atoms with E-state index < -0.39 is 4.92 Å². The lowest BCUT2D eigenvalue weighted by atomic mass is 10.2. The van der Waals surface area contributed by atoms with E-state index in [1.807, 2.05) is 0 Å². The summed E-state index contributed by atoms with van der Waals surface area (Å²) in [7, 11) is 0. The van der Waals surface area contributed by atoms with Crippen molar-refractivity contribution in [2.24, 2.45) is 5.73 Å². The lowest BCUT2D eigenvalue weighted by molar-refractivity contribution is -0.385. The monoisotopic (exact) mass is 278 g/mol. The van der Waals surface area contributed by atoms with E-state index in [1.54, 1.807) is 24.3 Å². The number of halogens is 1. The molecule has 0 spiro atoms. The molecule has 98 valence electrons. The molecule has 0 aliphatic heterocycles. The standard InChI is InChI=1S/C13H11ClN2O3/c14-10-3-6-12(16(17)18)13(7-10)19-11-4-1-9(8-15)2-5-11/h1-7H,8,15H2. The lowest BCUT2D eigenvalue weighted by Gasteiger charge is -2.07. The fraction of sp³-hybridized carbons (Fsp3) is 0.0769. The predicted molar refractivity (Wildman–Crippen MR) is 72.5 cm³/mol. The average Bonchev–Trinajstić information content (AvgIpc) is 2.39. The number of nitrogens with two attached hydrogens (primary N) is 1. The predicted octanol–water partition coefficient (Wildman–Crippen LogP) is 3.50. The van der Waals surface area contributed by atoms with Crippen molar-refractivity contribution in [1.82, 2.24) is 0 Å². The second-order valence-corrected chi connectivity index (χ2v) is 4.26. The number of nitro groups is 1. The maximum Gasteiger partial charge on any atom is 0.311 e. The third kappa shape index (κ3) is 3.21. The van der Waals surface area contributed by atoms with Crippen molar-refractivity contribution in [2.75, 3.05) is 0 Å². The maximum absolute atomic E-state index is 10.9. The van der Waals surface area contributed by atoms with Gasteiger partial charge in [-0.15, -0.1) is 0 Å². The summed E-state index contributed by atoms with van der Waals surface area (Å²) in [4.78, 5) is 10.4. The Labute approximate surface area is 114 Å². The van der Waals surface area contributed by atoms with Crippen LogP contribution in [0.5, 0.6) is 11.5 Å². The van der Waals surface area contributed by atoms with Gasteiger partial charge in [0.15, 0.2) is 0 Å². The molecule has 0 unspecified atom stereocenters. The van der Waals surface area contributed by atoms with Gasteiger partial charge in [-0.1, -0.05) is 23.7 Å². The van der Waals surface area contributed by atoms with Gasteiger partial charge in [0.1, 0.15) is 5.75 Å². The molecule has 6 heteroatoms. The Balaban J connectivity index is 2.31. The fourth-order valence-electron chi connectivity index (χ4n) is 1.54. The first-order valence-corrected chi connectivity index (χ1v) is 5.89. The second kappa shape index (κ2) is 5.69. The Bertz CT molecular complexity index is 599. The Morgan fingerprint density at radius 3 is 2.47 bits per heavy atom. The van der Waals surface area contributed by atoms with Crippen molar-refractivity contribution < 1.29 is 9.66 Å². The SMILES string of the molecule is NCc1ccc(Oc2cc(Cl)ccc2[N+](=O)[O-])cc1. The minimum atomic E-state index is -0.514. The van der Waals surface area contributed by atoms with Crippen LogP contribution in [-0.2, 0) is 6.54 Å². The molecule has 0 heterocycles. The Morgan fingerprint density at radius 1 is 1.21 bits per heavy atom. The zero-order valence-electron chi connectivity index (χ0n) is 9.88. The highest BCUT2D eigenvalue weighted by Gasteiger charge is 2.16. The minimum Gasteiger partial charge on any atom is -0.450 e. The summed E-state index contributed by atoms with van der Waals surface area (Å²) in [5.41, 5.74) is 6.31. The van der Waals surface area contributed by atoms with Gasteiger partial charge in [-0.25, -0.2) is 0 Å². The van der Waals surface area contributed by atoms with Gasteiger partial charge in [-0.05, 0) is 23.8 Å². The highest BCUT2D eigenvalue weighted by molar-refractivity contribution is 6.30. The van der Waals surface area contributed by atoms with Crippen molar-refractivity contribution in [3.8, 4) is 11.5 Å². The zero-order valence-corrected chi connectivity index (χ0v) is 10.6. The van der Waals surface area contributed by atoms with Gasteiger partial charge in [0, 0.05) is 23.7 Å². The molecular weight excluding hydrogens is 268 g/mol. The maximum atomic E-state index is 10.9. The van der Waals surface area contributed by atoms with Crippen molar-refractivity contribution in [2.45, 2.75) is 6.54 Å². The van der Waals surface area contributed by atoms with Crippen LogP contribution >= 0.6 is 11.6 Å². The second-order valence-electron chi connectivity index (χ2n) is 3.82. The summed E-state index contributed by atoms with van der Waals surface area (Å²) < 4.78 is 5.48. The summed E-state index contributed by atoms with van der Waals surface area (Å²) in [5.74, 6) is 0.598. The van der Waals surface area contributed by atoms with Crippen LogP contribution in [0.4, 0.5) is 5.69 Å². The quantitative estimate of drug-likeness (QED) is 0.686. The van der Waals surface area contributed by atoms with Crippen LogP contribution in [0.2, 0.25) is 5.02 Å². The van der Waals surface area contributed by atoms with Gasteiger partial charge in [-0.2, -0.15) is 0 Å². The number of ether oxygens (including phenoxy) is 1. The van der Waals surface area contributed by atoms with Crippen molar-refractivity contribution in [3.63, 3.8) is 0 Å². The first kappa shape index (κ1) is 13.3. The number of hydrogen-bond acceptors (Lipinski definition) is 4. The molecule has 2 aromatic rings. The number of benzene rings is 2. The largest absolute Gasteiger partial charge is 0.450 e. The van der Waals surface area contributed by atoms with Gasteiger partial charge in [0.05, 0.1) is 4.92 Å². The topological polar surface area (TPSA) is 78.4 Å². The van der Waals surface area contributed by atoms with E-state index in [2.05, 4.69) is 0 Å². The summed E-state index contributed by atoms with van der Waals surface area (Å²) in [6.45, 7) is 0.428. The molecule has 0 aliphatic carbocycles. The molecular formula is C13H11ClN2O3. The van der Waals surface area contributed by atoms with Crippen molar-refractivity contribution in [3.05, 3.63) is 63.2 Å². The molecule has 0 amide bonds. The number of nitrogens with zero attached hydrogens (tertiary/aromatic N) is 1. The van der Waals surface area contributed by atoms with E-state index >= 15 is 0 Å². The molecule has 19 heavy (non-hydrogen) atoms. The molecule has 0 atom stereocenters. The molecule has 2 N–H and O–H groups in total. The average molecular weight is 279 g/mol. The van der Waals surface area contributed by atoms with Crippen LogP contribution in [0, 0.1) is 10.1 Å². The van der Waals surface area contributed by atoms with Crippen LogP contribution in [0.15, 0.2) is 42.5 Å². The molecule has 0 saturated carbocycles. The Kier molecular flexibility index (Phi) is 3.99. The molecule has 5 nitrogen and oxygen atoms in total. The smallest absolute Gasteiger partial charge is 0.311 e. The van der Waals surface area contributed by atoms with Gasteiger partial charge in [0.2, 0.25) is 5.75 Å². The van der Waals surface area contributed by atoms with E-state index in [0.29, 0.717) is 17.3 Å². The number of rotatable bonds is 4. The van der Waals surface area contributed by atoms with Crippen LogP contribution < -0.4 is 10.5 Å². The van der Waals surface area contributed by atoms with Crippen molar-refractivity contribution in [1.29, 1.82) is 0 Å². The lowest BCUT2D eigenvalue weighted by Crippen LogP contribution is -1.96. The number of nitro benzene ring substituents is 1. The molecule has 2 rings (SSSR count). The highest BCUT2D eigenvalue weighted by atomic mass is 35.5. The zero-order chi connectivity index (χ0) is 13.8. The summed E-state index contributed by atoms with van der Waals surface area (Å²) in [6.07, 6.45) is 0. The van der Waals surface area contributed by atoms with Gasteiger partial charge >= 0.3 is 5.69 Å². The van der Waals surface area contributed by atoms with E-state index in [-0.39, 0.29) is 11.4 Å². The molecule has 0 bridgehead atoms. The minimum absolute atomic E-state index is 0.109. The van der Waals surface area contributed by atoms with E-state index in [0.717, 1.165) is 5.56 Å². The summed E-state index contributed by atoms with van der Waals surface area (Å²) in [6, 6.07) is 11.2. The molecule has 0 saturated heterocycles. The van der Waals surface area contributed by atoms with E-state index in [9.17, 15) is 10.1 Å². The van der Waals surface area contributed by atoms with E-state index in [1.165, 1.54) is 18.2 Å². The molecule has 2 aromatic carbocycles. The molecule has 0 radical (unpaired) electrons. The molecule has 0 aliphatic rings. The summed E-state index contributed by atoms with van der Waals surface area (Å²) in [5, 5.41) is 11.3. The Morgan fingerprint density at radius 2 is 1.89 bits per heavy atom. The van der Waals surface area contributed by atoms with Crippen LogP contribution in [0.3, 0.4) is 0 Å². The highest BCUT2D eigenvalue weighted by Crippen LogP contribution is 2.33.